The Balaban J connectivity index is 2.56. The van der Waals surface area contributed by atoms with E-state index in [1.165, 1.54) is 0 Å². The predicted octanol–water partition coefficient (Wildman–Crippen LogP) is 3.30. The van der Waals surface area contributed by atoms with E-state index in [0.717, 1.165) is 37.8 Å². The number of nitriles is 1. The third-order valence-corrected chi connectivity index (χ3v) is 3.02. The van der Waals surface area contributed by atoms with E-state index in [1.54, 1.807) is 0 Å². The van der Waals surface area contributed by atoms with Gasteiger partial charge in [-0.25, -0.2) is 0 Å². The van der Waals surface area contributed by atoms with Gasteiger partial charge in [-0.1, -0.05) is 6.42 Å². The summed E-state index contributed by atoms with van der Waals surface area (Å²) in [4.78, 5) is 0. The molecule has 1 unspecified atom stereocenters. The molecule has 84 valence electrons. The topological polar surface area (TPSA) is 45.4 Å². The Labute approximate surface area is 93.2 Å². The van der Waals surface area contributed by atoms with Gasteiger partial charge in [0.25, 0.3) is 8.32 Å². The zero-order valence-corrected chi connectivity index (χ0v) is 10.9. The highest BCUT2D eigenvalue weighted by atomic mass is 28.4. The van der Waals surface area contributed by atoms with Crippen molar-refractivity contribution < 1.29 is 4.53 Å². The van der Waals surface area contributed by atoms with E-state index >= 15 is 0 Å². The second-order valence-electron chi connectivity index (χ2n) is 5.14. The maximum Gasteiger partial charge on any atom is 0.278 e. The summed E-state index contributed by atoms with van der Waals surface area (Å²) in [5.74, 6) is 0.150. The average molecular weight is 224 g/mol. The predicted molar refractivity (Wildman–Crippen MR) is 64.1 cm³/mol. The molecular formula is C11H20N2OSi. The molecule has 0 aromatic carbocycles. The molecular weight excluding hydrogens is 204 g/mol. The van der Waals surface area contributed by atoms with Crippen LogP contribution in [0.3, 0.4) is 0 Å². The lowest BCUT2D eigenvalue weighted by molar-refractivity contribution is 0.332. The van der Waals surface area contributed by atoms with E-state index < -0.39 is 8.32 Å². The molecule has 0 aromatic rings. The molecule has 1 fully saturated rings. The number of hydrogen-bond acceptors (Lipinski definition) is 3. The van der Waals surface area contributed by atoms with Crippen LogP contribution in [-0.4, -0.2) is 14.0 Å². The van der Waals surface area contributed by atoms with Gasteiger partial charge in [-0.05, 0) is 38.9 Å². The Morgan fingerprint density at radius 2 is 2.13 bits per heavy atom. The Hall–Kier alpha value is -0.823. The van der Waals surface area contributed by atoms with Crippen LogP contribution in [0.25, 0.3) is 0 Å². The Bertz CT molecular complexity index is 275. The first-order valence-electron chi connectivity index (χ1n) is 5.65. The number of oxime groups is 1. The summed E-state index contributed by atoms with van der Waals surface area (Å²) in [6, 6.07) is 2.35. The summed E-state index contributed by atoms with van der Waals surface area (Å²) < 4.78 is 5.53. The van der Waals surface area contributed by atoms with Crippen LogP contribution in [0.1, 0.15) is 32.1 Å². The van der Waals surface area contributed by atoms with Crippen molar-refractivity contribution in [2.75, 3.05) is 0 Å². The lowest BCUT2D eigenvalue weighted by Crippen LogP contribution is -2.23. The van der Waals surface area contributed by atoms with Gasteiger partial charge in [-0.2, -0.15) is 5.26 Å². The van der Waals surface area contributed by atoms with Crippen LogP contribution >= 0.6 is 0 Å². The molecule has 0 amide bonds. The average Bonchev–Trinajstić information content (AvgIpc) is 2.38. The molecule has 0 heterocycles. The summed E-state index contributed by atoms with van der Waals surface area (Å²) in [5.41, 5.74) is 1.08. The molecule has 4 heteroatoms. The van der Waals surface area contributed by atoms with Crippen LogP contribution in [0.5, 0.6) is 0 Å². The minimum atomic E-state index is -1.56. The second-order valence-corrected chi connectivity index (χ2v) is 9.54. The van der Waals surface area contributed by atoms with E-state index in [2.05, 4.69) is 30.9 Å². The van der Waals surface area contributed by atoms with Crippen LogP contribution in [0.4, 0.5) is 0 Å². The van der Waals surface area contributed by atoms with Gasteiger partial charge >= 0.3 is 0 Å². The smallest absolute Gasteiger partial charge is 0.278 e. The molecule has 0 spiro atoms. The third-order valence-electron chi connectivity index (χ3n) is 2.38. The molecule has 1 saturated carbocycles. The number of hydrogen-bond donors (Lipinski definition) is 0. The van der Waals surface area contributed by atoms with Crippen LogP contribution in [0.15, 0.2) is 5.16 Å². The molecule has 0 bridgehead atoms. The highest BCUT2D eigenvalue weighted by Gasteiger charge is 2.19. The van der Waals surface area contributed by atoms with Crippen molar-refractivity contribution in [1.82, 2.24) is 0 Å². The first-order valence-corrected chi connectivity index (χ1v) is 9.05. The first-order chi connectivity index (χ1) is 7.01. The van der Waals surface area contributed by atoms with Gasteiger partial charge in [-0.3, -0.25) is 0 Å². The largest absolute Gasteiger partial charge is 0.456 e. The number of rotatable bonds is 2. The van der Waals surface area contributed by atoms with Crippen LogP contribution < -0.4 is 0 Å². The Morgan fingerprint density at radius 3 is 2.73 bits per heavy atom. The zero-order valence-electron chi connectivity index (χ0n) is 9.92. The minimum Gasteiger partial charge on any atom is -0.456 e. The van der Waals surface area contributed by atoms with E-state index in [9.17, 15) is 0 Å². The molecule has 0 radical (unpaired) electrons. The van der Waals surface area contributed by atoms with Crippen molar-refractivity contribution in [3.05, 3.63) is 0 Å². The highest BCUT2D eigenvalue weighted by Crippen LogP contribution is 2.21. The van der Waals surface area contributed by atoms with E-state index in [-0.39, 0.29) is 5.92 Å². The molecule has 0 saturated heterocycles. The van der Waals surface area contributed by atoms with Crippen LogP contribution in [0, 0.1) is 17.2 Å². The fourth-order valence-electron chi connectivity index (χ4n) is 1.60. The molecule has 1 atom stereocenters. The molecule has 15 heavy (non-hydrogen) atoms. The Kier molecular flexibility index (Phi) is 4.34. The van der Waals surface area contributed by atoms with E-state index in [0.29, 0.717) is 0 Å². The van der Waals surface area contributed by atoms with Crippen molar-refractivity contribution in [2.24, 2.45) is 11.1 Å². The lowest BCUT2D eigenvalue weighted by atomic mass is 10.0. The maximum atomic E-state index is 8.92. The summed E-state index contributed by atoms with van der Waals surface area (Å²) >= 11 is 0. The fraction of sp³-hybridized carbons (Fsp3) is 0.818. The summed E-state index contributed by atoms with van der Waals surface area (Å²) in [5, 5.41) is 13.2. The van der Waals surface area contributed by atoms with Crippen molar-refractivity contribution >= 4 is 14.0 Å². The van der Waals surface area contributed by atoms with Crippen LogP contribution in [-0.2, 0) is 4.53 Å². The van der Waals surface area contributed by atoms with Crippen molar-refractivity contribution in [3.8, 4) is 6.07 Å². The second kappa shape index (κ2) is 5.31. The SMILES string of the molecule is C[Si](C)(C)ON=C1CCCCC(C#N)C1. The normalized spacial score (nSPS) is 25.7. The van der Waals surface area contributed by atoms with Gasteiger partial charge < -0.3 is 4.53 Å². The highest BCUT2D eigenvalue weighted by molar-refractivity contribution is 6.69. The summed E-state index contributed by atoms with van der Waals surface area (Å²) in [6.07, 6.45) is 5.11. The molecule has 0 N–H and O–H groups in total. The van der Waals surface area contributed by atoms with Gasteiger partial charge in [0.15, 0.2) is 0 Å². The third kappa shape index (κ3) is 4.98. The van der Waals surface area contributed by atoms with Gasteiger partial charge in [-0.15, -0.1) is 5.16 Å². The molecule has 1 rings (SSSR count). The van der Waals surface area contributed by atoms with E-state index in [1.807, 2.05) is 0 Å². The monoisotopic (exact) mass is 224 g/mol. The Morgan fingerprint density at radius 1 is 1.40 bits per heavy atom. The molecule has 3 nitrogen and oxygen atoms in total. The van der Waals surface area contributed by atoms with Crippen molar-refractivity contribution in [2.45, 2.75) is 51.7 Å². The quantitative estimate of drug-likeness (QED) is 0.410. The summed E-state index contributed by atoms with van der Waals surface area (Å²) in [7, 11) is -1.56. The lowest BCUT2D eigenvalue weighted by Gasteiger charge is -2.14. The summed E-state index contributed by atoms with van der Waals surface area (Å²) in [6.45, 7) is 6.36. The molecule has 0 aromatic heterocycles. The molecule has 1 aliphatic carbocycles. The minimum absolute atomic E-state index is 0.150. The molecule has 1 aliphatic rings. The fourth-order valence-corrected chi connectivity index (χ4v) is 2.01. The first kappa shape index (κ1) is 12.2. The van der Waals surface area contributed by atoms with Crippen molar-refractivity contribution in [1.29, 1.82) is 5.26 Å². The van der Waals surface area contributed by atoms with Crippen molar-refractivity contribution in [3.63, 3.8) is 0 Å². The van der Waals surface area contributed by atoms with Gasteiger partial charge in [0, 0.05) is 6.42 Å². The zero-order chi connectivity index (χ0) is 11.3. The van der Waals surface area contributed by atoms with Crippen LogP contribution in [0.2, 0.25) is 19.6 Å². The van der Waals surface area contributed by atoms with Gasteiger partial charge in [0.2, 0.25) is 0 Å². The standard InChI is InChI=1S/C11H20N2OSi/c1-15(2,3)14-13-11-7-5-4-6-10(8-11)9-12/h10H,4-8H2,1-3H3. The van der Waals surface area contributed by atoms with Gasteiger partial charge in [0.1, 0.15) is 0 Å². The van der Waals surface area contributed by atoms with Gasteiger partial charge in [0.05, 0.1) is 17.7 Å². The van der Waals surface area contributed by atoms with E-state index in [4.69, 9.17) is 9.79 Å². The maximum absolute atomic E-state index is 8.92. The number of nitrogens with zero attached hydrogens (tertiary/aromatic N) is 2. The molecule has 0 aliphatic heterocycles.